The SMILES string of the molecule is COc1nc(C=CC=O)cnc1N. The summed E-state index contributed by atoms with van der Waals surface area (Å²) in [5.41, 5.74) is 5.96. The Hall–Kier alpha value is -1.91. The minimum Gasteiger partial charge on any atom is -0.478 e. The Balaban J connectivity index is 2.99. The van der Waals surface area contributed by atoms with Crippen molar-refractivity contribution in [1.29, 1.82) is 0 Å². The lowest BCUT2D eigenvalue weighted by Gasteiger charge is -2.01. The molecule has 0 atom stereocenters. The summed E-state index contributed by atoms with van der Waals surface area (Å²) < 4.78 is 4.84. The van der Waals surface area contributed by atoms with E-state index in [1.54, 1.807) is 0 Å². The lowest BCUT2D eigenvalue weighted by molar-refractivity contribution is -0.104. The summed E-state index contributed by atoms with van der Waals surface area (Å²) in [4.78, 5) is 17.8. The van der Waals surface area contributed by atoms with Crippen LogP contribution in [-0.2, 0) is 4.79 Å². The average Bonchev–Trinajstić information content (AvgIpc) is 2.16. The number of nitrogens with zero attached hydrogens (tertiary/aromatic N) is 2. The zero-order chi connectivity index (χ0) is 9.68. The van der Waals surface area contributed by atoms with Gasteiger partial charge in [0.05, 0.1) is 19.0 Å². The molecule has 0 aliphatic rings. The zero-order valence-electron chi connectivity index (χ0n) is 7.10. The largest absolute Gasteiger partial charge is 0.478 e. The van der Waals surface area contributed by atoms with E-state index in [9.17, 15) is 4.79 Å². The Bertz CT molecular complexity index is 336. The van der Waals surface area contributed by atoms with E-state index in [2.05, 4.69) is 9.97 Å². The first-order chi connectivity index (χ1) is 6.27. The molecule has 68 valence electrons. The molecule has 0 spiro atoms. The fourth-order valence-corrected chi connectivity index (χ4v) is 0.763. The van der Waals surface area contributed by atoms with Crippen molar-refractivity contribution in [2.24, 2.45) is 0 Å². The molecule has 13 heavy (non-hydrogen) atoms. The Morgan fingerprint density at radius 1 is 1.62 bits per heavy atom. The van der Waals surface area contributed by atoms with Crippen LogP contribution in [0.5, 0.6) is 5.88 Å². The predicted molar refractivity (Wildman–Crippen MR) is 48.1 cm³/mol. The molecule has 1 aromatic rings. The van der Waals surface area contributed by atoms with E-state index in [4.69, 9.17) is 10.5 Å². The van der Waals surface area contributed by atoms with Crippen molar-refractivity contribution in [1.82, 2.24) is 9.97 Å². The maximum absolute atomic E-state index is 10.0. The molecule has 0 saturated carbocycles. The van der Waals surface area contributed by atoms with Crippen LogP contribution in [0.2, 0.25) is 0 Å². The van der Waals surface area contributed by atoms with Crippen molar-refractivity contribution < 1.29 is 9.53 Å². The smallest absolute Gasteiger partial charge is 0.257 e. The number of anilines is 1. The third kappa shape index (κ3) is 2.26. The van der Waals surface area contributed by atoms with Gasteiger partial charge in [-0.2, -0.15) is 0 Å². The lowest BCUT2D eigenvalue weighted by atomic mass is 10.4. The second-order valence-electron chi connectivity index (χ2n) is 2.18. The summed E-state index contributed by atoms with van der Waals surface area (Å²) in [6.07, 6.45) is 4.95. The van der Waals surface area contributed by atoms with E-state index < -0.39 is 0 Å². The molecular weight excluding hydrogens is 170 g/mol. The normalized spacial score (nSPS) is 10.2. The maximum atomic E-state index is 10.0. The summed E-state index contributed by atoms with van der Waals surface area (Å²) in [7, 11) is 1.45. The molecule has 2 N–H and O–H groups in total. The predicted octanol–water partition coefficient (Wildman–Crippen LogP) is 0.279. The number of nitrogen functional groups attached to an aromatic ring is 1. The van der Waals surface area contributed by atoms with Gasteiger partial charge in [-0.3, -0.25) is 4.79 Å². The number of methoxy groups -OCH3 is 1. The molecule has 1 aromatic heterocycles. The lowest BCUT2D eigenvalue weighted by Crippen LogP contribution is -1.99. The molecular formula is C8H9N3O2. The van der Waals surface area contributed by atoms with Crippen molar-refractivity contribution in [3.05, 3.63) is 18.0 Å². The molecule has 0 fully saturated rings. The fraction of sp³-hybridized carbons (Fsp3) is 0.125. The number of carbonyl (C=O) groups excluding carboxylic acids is 1. The van der Waals surface area contributed by atoms with Gasteiger partial charge in [-0.25, -0.2) is 9.97 Å². The van der Waals surface area contributed by atoms with Crippen molar-refractivity contribution in [2.45, 2.75) is 0 Å². The standard InChI is InChI=1S/C8H9N3O2/c1-13-8-7(9)10-5-6(11-8)3-2-4-12/h2-5H,1H3,(H2,9,10). The van der Waals surface area contributed by atoms with Crippen molar-refractivity contribution >= 4 is 18.2 Å². The van der Waals surface area contributed by atoms with Crippen LogP contribution in [0, 0.1) is 0 Å². The van der Waals surface area contributed by atoms with Gasteiger partial charge in [0.15, 0.2) is 5.82 Å². The second kappa shape index (κ2) is 4.20. The summed E-state index contributed by atoms with van der Waals surface area (Å²) in [6, 6.07) is 0. The van der Waals surface area contributed by atoms with E-state index in [0.29, 0.717) is 12.0 Å². The monoisotopic (exact) mass is 179 g/mol. The Morgan fingerprint density at radius 3 is 3.00 bits per heavy atom. The molecule has 0 unspecified atom stereocenters. The number of hydrogen-bond donors (Lipinski definition) is 1. The van der Waals surface area contributed by atoms with Crippen LogP contribution in [0.3, 0.4) is 0 Å². The second-order valence-corrected chi connectivity index (χ2v) is 2.18. The quantitative estimate of drug-likeness (QED) is 0.532. The van der Waals surface area contributed by atoms with Gasteiger partial charge >= 0.3 is 0 Å². The van der Waals surface area contributed by atoms with Gasteiger partial charge in [0.25, 0.3) is 5.88 Å². The zero-order valence-corrected chi connectivity index (χ0v) is 7.10. The van der Waals surface area contributed by atoms with E-state index in [1.807, 2.05) is 0 Å². The molecule has 5 heteroatoms. The van der Waals surface area contributed by atoms with Crippen LogP contribution in [0.25, 0.3) is 6.08 Å². The number of carbonyl (C=O) groups is 1. The van der Waals surface area contributed by atoms with Gasteiger partial charge in [0, 0.05) is 0 Å². The Labute approximate surface area is 75.3 Å². The number of nitrogens with two attached hydrogens (primary N) is 1. The highest BCUT2D eigenvalue weighted by Gasteiger charge is 2.01. The van der Waals surface area contributed by atoms with Gasteiger partial charge in [0.1, 0.15) is 6.29 Å². The molecule has 0 amide bonds. The van der Waals surface area contributed by atoms with Crippen LogP contribution in [0.1, 0.15) is 5.69 Å². The number of rotatable bonds is 3. The van der Waals surface area contributed by atoms with Crippen LogP contribution in [-0.4, -0.2) is 23.4 Å². The Morgan fingerprint density at radius 2 is 2.38 bits per heavy atom. The minimum atomic E-state index is 0.228. The first-order valence-corrected chi connectivity index (χ1v) is 3.56. The van der Waals surface area contributed by atoms with Crippen molar-refractivity contribution in [3.63, 3.8) is 0 Å². The summed E-state index contributed by atoms with van der Waals surface area (Å²) >= 11 is 0. The van der Waals surface area contributed by atoms with E-state index in [1.165, 1.54) is 25.5 Å². The van der Waals surface area contributed by atoms with Gasteiger partial charge in [-0.1, -0.05) is 0 Å². The molecule has 0 saturated heterocycles. The van der Waals surface area contributed by atoms with Crippen LogP contribution >= 0.6 is 0 Å². The molecule has 5 nitrogen and oxygen atoms in total. The number of hydrogen-bond acceptors (Lipinski definition) is 5. The summed E-state index contributed by atoms with van der Waals surface area (Å²) in [5, 5.41) is 0. The first kappa shape index (κ1) is 9.18. The minimum absolute atomic E-state index is 0.228. The van der Waals surface area contributed by atoms with Gasteiger partial charge in [0.2, 0.25) is 0 Å². The highest BCUT2D eigenvalue weighted by Crippen LogP contribution is 2.14. The highest BCUT2D eigenvalue weighted by atomic mass is 16.5. The summed E-state index contributed by atoms with van der Waals surface area (Å²) in [5.74, 6) is 0.485. The van der Waals surface area contributed by atoms with Crippen LogP contribution in [0.15, 0.2) is 12.3 Å². The number of aldehydes is 1. The molecule has 1 heterocycles. The van der Waals surface area contributed by atoms with Gasteiger partial charge in [-0.05, 0) is 12.2 Å². The highest BCUT2D eigenvalue weighted by molar-refractivity contribution is 5.73. The first-order valence-electron chi connectivity index (χ1n) is 3.56. The van der Waals surface area contributed by atoms with Crippen LogP contribution < -0.4 is 10.5 Å². The fourth-order valence-electron chi connectivity index (χ4n) is 0.763. The number of aromatic nitrogens is 2. The molecule has 0 aliphatic carbocycles. The third-order valence-electron chi connectivity index (χ3n) is 1.32. The summed E-state index contributed by atoms with van der Waals surface area (Å²) in [6.45, 7) is 0. The molecule has 0 aromatic carbocycles. The molecule has 0 bridgehead atoms. The van der Waals surface area contributed by atoms with Crippen molar-refractivity contribution in [2.75, 3.05) is 12.8 Å². The van der Waals surface area contributed by atoms with E-state index in [-0.39, 0.29) is 11.7 Å². The molecule has 1 rings (SSSR count). The maximum Gasteiger partial charge on any atom is 0.257 e. The van der Waals surface area contributed by atoms with E-state index >= 15 is 0 Å². The third-order valence-corrected chi connectivity index (χ3v) is 1.32. The Kier molecular flexibility index (Phi) is 2.97. The topological polar surface area (TPSA) is 78.1 Å². The van der Waals surface area contributed by atoms with Gasteiger partial charge < -0.3 is 10.5 Å². The van der Waals surface area contributed by atoms with E-state index in [0.717, 1.165) is 0 Å². The van der Waals surface area contributed by atoms with Gasteiger partial charge in [-0.15, -0.1) is 0 Å². The van der Waals surface area contributed by atoms with Crippen molar-refractivity contribution in [3.8, 4) is 5.88 Å². The molecule has 0 aliphatic heterocycles. The average molecular weight is 179 g/mol. The number of ether oxygens (including phenoxy) is 1. The number of allylic oxidation sites excluding steroid dienone is 1. The van der Waals surface area contributed by atoms with Crippen LogP contribution in [0.4, 0.5) is 5.82 Å². The molecule has 0 radical (unpaired) electrons.